The topological polar surface area (TPSA) is 85.2 Å². The van der Waals surface area contributed by atoms with Crippen molar-refractivity contribution in [3.05, 3.63) is 23.5 Å². The molecule has 0 radical (unpaired) electrons. The lowest BCUT2D eigenvalue weighted by Crippen LogP contribution is -2.54. The van der Waals surface area contributed by atoms with Crippen LogP contribution in [-0.2, 0) is 19.0 Å². The highest BCUT2D eigenvalue weighted by Gasteiger charge is 2.68. The first-order valence-corrected chi connectivity index (χ1v) is 10.1. The standard InChI is InChI=1S/C21H28O6/c1-19-8-7-14(22)9-12(19)3-5-15-16(19)6-4-13-10-25-20(2)21(13,24)17(11-26-20)27-18(15)23/h3,10,14-17,22,24H,4-9,11H2,1-2H3/t14-,15+,16-,17+,19-,20-,21-/m0/s1. The van der Waals surface area contributed by atoms with E-state index in [-0.39, 0.29) is 35.9 Å². The number of carbonyl (C=O) groups excluding carboxylic acids is 1. The van der Waals surface area contributed by atoms with Gasteiger partial charge in [-0.15, -0.1) is 0 Å². The third-order valence-corrected chi connectivity index (χ3v) is 7.98. The molecule has 0 aromatic carbocycles. The maximum absolute atomic E-state index is 13.1. The zero-order valence-corrected chi connectivity index (χ0v) is 15.9. The lowest BCUT2D eigenvalue weighted by molar-refractivity contribution is -0.222. The summed E-state index contributed by atoms with van der Waals surface area (Å²) in [6.45, 7) is 4.08. The van der Waals surface area contributed by atoms with Gasteiger partial charge < -0.3 is 24.4 Å². The van der Waals surface area contributed by atoms with Crippen LogP contribution in [-0.4, -0.2) is 46.4 Å². The quantitative estimate of drug-likeness (QED) is 0.498. The molecule has 0 bridgehead atoms. The molecule has 0 aromatic heterocycles. The summed E-state index contributed by atoms with van der Waals surface area (Å²) in [7, 11) is 0. The Kier molecular flexibility index (Phi) is 3.66. The Bertz CT molecular complexity index is 743. The number of fused-ring (bicyclic) bond motifs is 3. The number of aliphatic hydroxyl groups excluding tert-OH is 1. The van der Waals surface area contributed by atoms with E-state index < -0.39 is 17.5 Å². The summed E-state index contributed by atoms with van der Waals surface area (Å²) in [5.74, 6) is -1.52. The average Bonchev–Trinajstić information content (AvgIpc) is 3.04. The van der Waals surface area contributed by atoms with Crippen LogP contribution in [0.25, 0.3) is 0 Å². The SMILES string of the molecule is C[C@]12OC=C3CC[C@H]4[C@@H](CC=C5C[C@@H](O)CC[C@@]54C)C(=O)O[C@H](CO1)[C@@]32O. The summed E-state index contributed by atoms with van der Waals surface area (Å²) in [4.78, 5) is 13.1. The van der Waals surface area contributed by atoms with Crippen LogP contribution in [0, 0.1) is 17.3 Å². The Morgan fingerprint density at radius 1 is 1.22 bits per heavy atom. The van der Waals surface area contributed by atoms with E-state index >= 15 is 0 Å². The van der Waals surface area contributed by atoms with Crippen LogP contribution < -0.4 is 0 Å². The zero-order chi connectivity index (χ0) is 19.0. The smallest absolute Gasteiger partial charge is 0.310 e. The summed E-state index contributed by atoms with van der Waals surface area (Å²) >= 11 is 0. The number of ether oxygens (including phenoxy) is 3. The van der Waals surface area contributed by atoms with Crippen molar-refractivity contribution in [1.82, 2.24) is 0 Å². The van der Waals surface area contributed by atoms with Gasteiger partial charge in [0, 0.05) is 12.5 Å². The van der Waals surface area contributed by atoms with E-state index in [2.05, 4.69) is 13.0 Å². The number of esters is 1. The van der Waals surface area contributed by atoms with E-state index in [0.29, 0.717) is 19.3 Å². The molecule has 2 aliphatic carbocycles. The number of allylic oxidation sites excluding steroid dienone is 1. The molecule has 148 valence electrons. The van der Waals surface area contributed by atoms with Crippen molar-refractivity contribution in [3.8, 4) is 0 Å². The minimum atomic E-state index is -1.42. The van der Waals surface area contributed by atoms with Gasteiger partial charge in [0.15, 0.2) is 11.7 Å². The van der Waals surface area contributed by atoms with Gasteiger partial charge >= 0.3 is 5.97 Å². The molecule has 0 unspecified atom stereocenters. The van der Waals surface area contributed by atoms with Crippen LogP contribution >= 0.6 is 0 Å². The summed E-state index contributed by atoms with van der Waals surface area (Å²) < 4.78 is 17.2. The molecular formula is C21H28O6. The predicted molar refractivity (Wildman–Crippen MR) is 95.2 cm³/mol. The first-order chi connectivity index (χ1) is 12.8. The summed E-state index contributed by atoms with van der Waals surface area (Å²) in [5.41, 5.74) is 0.508. The maximum atomic E-state index is 13.1. The van der Waals surface area contributed by atoms with Gasteiger partial charge in [0.1, 0.15) is 0 Å². The Balaban J connectivity index is 1.53. The van der Waals surface area contributed by atoms with Gasteiger partial charge in [-0.25, -0.2) is 0 Å². The normalized spacial score (nSPS) is 51.3. The second-order valence-corrected chi connectivity index (χ2v) is 9.24. The highest BCUT2D eigenvalue weighted by atomic mass is 16.7. The van der Waals surface area contributed by atoms with Crippen molar-refractivity contribution < 1.29 is 29.2 Å². The fourth-order valence-electron chi connectivity index (χ4n) is 6.17. The number of aliphatic hydroxyl groups is 2. The molecule has 0 amide bonds. The van der Waals surface area contributed by atoms with E-state index in [0.717, 1.165) is 24.8 Å². The molecule has 6 nitrogen and oxygen atoms in total. The molecule has 3 aliphatic heterocycles. The Labute approximate surface area is 159 Å². The van der Waals surface area contributed by atoms with Crippen molar-refractivity contribution in [3.63, 3.8) is 0 Å². The minimum absolute atomic E-state index is 0.108. The molecule has 5 aliphatic rings. The summed E-state index contributed by atoms with van der Waals surface area (Å²) in [6, 6.07) is 0. The second kappa shape index (κ2) is 5.58. The van der Waals surface area contributed by atoms with Crippen LogP contribution in [0.4, 0.5) is 0 Å². The van der Waals surface area contributed by atoms with Crippen molar-refractivity contribution >= 4 is 5.97 Å². The van der Waals surface area contributed by atoms with Gasteiger partial charge in [0.2, 0.25) is 5.79 Å². The van der Waals surface area contributed by atoms with Crippen molar-refractivity contribution in [2.24, 2.45) is 17.3 Å². The Morgan fingerprint density at radius 3 is 2.85 bits per heavy atom. The van der Waals surface area contributed by atoms with Crippen molar-refractivity contribution in [2.45, 2.75) is 76.0 Å². The van der Waals surface area contributed by atoms with Gasteiger partial charge in [0.05, 0.1) is 24.9 Å². The van der Waals surface area contributed by atoms with Crippen LogP contribution in [0.2, 0.25) is 0 Å². The van der Waals surface area contributed by atoms with Crippen LogP contribution in [0.15, 0.2) is 23.5 Å². The highest BCUT2D eigenvalue weighted by molar-refractivity contribution is 5.74. The fraction of sp³-hybridized carbons (Fsp3) is 0.762. The molecule has 0 aromatic rings. The predicted octanol–water partition coefficient (Wildman–Crippen LogP) is 2.20. The molecule has 0 spiro atoms. The molecule has 27 heavy (non-hydrogen) atoms. The van der Waals surface area contributed by atoms with Gasteiger partial charge in [-0.05, 0) is 49.9 Å². The minimum Gasteiger partial charge on any atom is -0.466 e. The number of carbonyl (C=O) groups is 1. The largest absolute Gasteiger partial charge is 0.466 e. The van der Waals surface area contributed by atoms with Gasteiger partial charge in [-0.3, -0.25) is 4.79 Å². The molecule has 2 N–H and O–H groups in total. The van der Waals surface area contributed by atoms with E-state index in [9.17, 15) is 15.0 Å². The van der Waals surface area contributed by atoms with Crippen molar-refractivity contribution in [1.29, 1.82) is 0 Å². The number of hydrogen-bond donors (Lipinski definition) is 2. The molecule has 2 saturated heterocycles. The monoisotopic (exact) mass is 376 g/mol. The second-order valence-electron chi connectivity index (χ2n) is 9.24. The average molecular weight is 376 g/mol. The number of hydrogen-bond acceptors (Lipinski definition) is 6. The molecular weight excluding hydrogens is 348 g/mol. The van der Waals surface area contributed by atoms with Gasteiger partial charge in [-0.1, -0.05) is 18.6 Å². The third-order valence-electron chi connectivity index (χ3n) is 7.98. The summed E-state index contributed by atoms with van der Waals surface area (Å²) in [5, 5.41) is 21.5. The molecule has 6 heteroatoms. The van der Waals surface area contributed by atoms with E-state index in [1.165, 1.54) is 5.57 Å². The Hall–Kier alpha value is -1.37. The molecule has 5 rings (SSSR count). The Morgan fingerprint density at radius 2 is 2.04 bits per heavy atom. The molecule has 1 saturated carbocycles. The van der Waals surface area contributed by atoms with Crippen LogP contribution in [0.1, 0.15) is 52.4 Å². The fourth-order valence-corrected chi connectivity index (χ4v) is 6.17. The van der Waals surface area contributed by atoms with Gasteiger partial charge in [0.25, 0.3) is 0 Å². The van der Waals surface area contributed by atoms with Gasteiger partial charge in [-0.2, -0.15) is 0 Å². The van der Waals surface area contributed by atoms with Crippen LogP contribution in [0.3, 0.4) is 0 Å². The molecule has 7 atom stereocenters. The van der Waals surface area contributed by atoms with Crippen molar-refractivity contribution in [2.75, 3.05) is 6.61 Å². The zero-order valence-electron chi connectivity index (χ0n) is 15.9. The molecule has 3 fully saturated rings. The van der Waals surface area contributed by atoms with E-state index in [4.69, 9.17) is 14.2 Å². The summed E-state index contributed by atoms with van der Waals surface area (Å²) in [6.07, 6.45) is 7.12. The lowest BCUT2D eigenvalue weighted by atomic mass is 9.55. The molecule has 3 heterocycles. The highest BCUT2D eigenvalue weighted by Crippen LogP contribution is 2.57. The first kappa shape index (κ1) is 17.7. The lowest BCUT2D eigenvalue weighted by Gasteiger charge is -2.49. The number of rotatable bonds is 0. The van der Waals surface area contributed by atoms with E-state index in [1.54, 1.807) is 13.2 Å². The van der Waals surface area contributed by atoms with Crippen LogP contribution in [0.5, 0.6) is 0 Å². The van der Waals surface area contributed by atoms with E-state index in [1.807, 2.05) is 0 Å². The first-order valence-electron chi connectivity index (χ1n) is 10.1. The third kappa shape index (κ3) is 2.21. The maximum Gasteiger partial charge on any atom is 0.310 e.